The molecule has 0 aliphatic carbocycles. The van der Waals surface area contributed by atoms with Crippen molar-refractivity contribution >= 4 is 10.0 Å². The van der Waals surface area contributed by atoms with Gasteiger partial charge in [0.15, 0.2) is 0 Å². The Morgan fingerprint density at radius 1 is 1.16 bits per heavy atom. The maximum atomic E-state index is 11.6. The Bertz CT molecular complexity index is 995. The number of ether oxygens (including phenoxy) is 1. The van der Waals surface area contributed by atoms with E-state index >= 15 is 0 Å². The second-order valence-corrected chi connectivity index (χ2v) is 6.92. The maximum absolute atomic E-state index is 11.6. The molecule has 0 fully saturated rings. The molecule has 2 aromatic carbocycles. The number of aromatic nitrogens is 2. The first-order chi connectivity index (χ1) is 11.9. The van der Waals surface area contributed by atoms with E-state index in [0.717, 1.165) is 5.56 Å². The van der Waals surface area contributed by atoms with Crippen LogP contribution in [-0.2, 0) is 16.6 Å². The molecule has 0 unspecified atom stereocenters. The SMILES string of the molecule is COc1ccc(-c2cc(CO)nn2-c2cccc(S(N)(=O)=O)c2)cc1. The van der Waals surface area contributed by atoms with Crippen LogP contribution in [0, 0.1) is 0 Å². The number of aliphatic hydroxyl groups is 1. The molecule has 0 aliphatic heterocycles. The third kappa shape index (κ3) is 3.55. The van der Waals surface area contributed by atoms with Gasteiger partial charge in [0, 0.05) is 5.56 Å². The minimum atomic E-state index is -3.83. The van der Waals surface area contributed by atoms with Gasteiger partial charge >= 0.3 is 0 Å². The Morgan fingerprint density at radius 2 is 1.88 bits per heavy atom. The van der Waals surface area contributed by atoms with Gasteiger partial charge in [0.2, 0.25) is 10.0 Å². The zero-order valence-corrected chi connectivity index (χ0v) is 14.3. The highest BCUT2D eigenvalue weighted by atomic mass is 32.2. The van der Waals surface area contributed by atoms with E-state index in [9.17, 15) is 13.5 Å². The molecule has 0 spiro atoms. The van der Waals surface area contributed by atoms with Crippen molar-refractivity contribution in [1.29, 1.82) is 0 Å². The fourth-order valence-corrected chi connectivity index (χ4v) is 3.02. The van der Waals surface area contributed by atoms with E-state index in [4.69, 9.17) is 9.88 Å². The number of hydrogen-bond donors (Lipinski definition) is 2. The molecule has 3 aromatic rings. The van der Waals surface area contributed by atoms with Crippen LogP contribution in [0.3, 0.4) is 0 Å². The summed E-state index contributed by atoms with van der Waals surface area (Å²) < 4.78 is 29.9. The van der Waals surface area contributed by atoms with E-state index in [2.05, 4.69) is 5.10 Å². The van der Waals surface area contributed by atoms with Gasteiger partial charge in [-0.25, -0.2) is 18.2 Å². The predicted octanol–water partition coefficient (Wildman–Crippen LogP) is 1.69. The molecule has 0 atom stereocenters. The summed E-state index contributed by atoms with van der Waals surface area (Å²) in [6.45, 7) is -0.231. The van der Waals surface area contributed by atoms with Crippen LogP contribution >= 0.6 is 0 Å². The Kier molecular flexibility index (Phi) is 4.58. The molecule has 130 valence electrons. The second kappa shape index (κ2) is 6.67. The summed E-state index contributed by atoms with van der Waals surface area (Å²) in [6.07, 6.45) is 0. The maximum Gasteiger partial charge on any atom is 0.238 e. The predicted molar refractivity (Wildman–Crippen MR) is 92.8 cm³/mol. The first-order valence-electron chi connectivity index (χ1n) is 7.40. The topological polar surface area (TPSA) is 107 Å². The number of aliphatic hydroxyl groups excluding tert-OH is 1. The fraction of sp³-hybridized carbons (Fsp3) is 0.118. The van der Waals surface area contributed by atoms with E-state index in [1.165, 1.54) is 12.1 Å². The molecule has 3 N–H and O–H groups in total. The van der Waals surface area contributed by atoms with Gasteiger partial charge in [-0.3, -0.25) is 0 Å². The van der Waals surface area contributed by atoms with Gasteiger partial charge in [-0.2, -0.15) is 5.10 Å². The van der Waals surface area contributed by atoms with E-state index < -0.39 is 10.0 Å². The van der Waals surface area contributed by atoms with Crippen molar-refractivity contribution in [2.45, 2.75) is 11.5 Å². The molecule has 3 rings (SSSR count). The second-order valence-electron chi connectivity index (χ2n) is 5.36. The average molecular weight is 359 g/mol. The molecular weight excluding hydrogens is 342 g/mol. The lowest BCUT2D eigenvalue weighted by atomic mass is 10.1. The average Bonchev–Trinajstić information content (AvgIpc) is 3.06. The largest absolute Gasteiger partial charge is 0.497 e. The molecule has 1 heterocycles. The number of sulfonamides is 1. The lowest BCUT2D eigenvalue weighted by molar-refractivity contribution is 0.276. The Balaban J connectivity index is 2.15. The van der Waals surface area contributed by atoms with Crippen LogP contribution in [0.15, 0.2) is 59.5 Å². The lowest BCUT2D eigenvalue weighted by Crippen LogP contribution is -2.12. The lowest BCUT2D eigenvalue weighted by Gasteiger charge is -2.09. The number of benzene rings is 2. The third-order valence-electron chi connectivity index (χ3n) is 3.70. The summed E-state index contributed by atoms with van der Waals surface area (Å²) in [7, 11) is -2.24. The van der Waals surface area contributed by atoms with Gasteiger partial charge < -0.3 is 9.84 Å². The molecular formula is C17H17N3O4S. The first-order valence-corrected chi connectivity index (χ1v) is 8.94. The highest BCUT2D eigenvalue weighted by Crippen LogP contribution is 2.27. The number of methoxy groups -OCH3 is 1. The van der Waals surface area contributed by atoms with Crippen molar-refractivity contribution in [3.8, 4) is 22.7 Å². The van der Waals surface area contributed by atoms with E-state index in [1.807, 2.05) is 24.3 Å². The van der Waals surface area contributed by atoms with Crippen LogP contribution < -0.4 is 9.88 Å². The van der Waals surface area contributed by atoms with E-state index in [0.29, 0.717) is 22.8 Å². The monoisotopic (exact) mass is 359 g/mol. The summed E-state index contributed by atoms with van der Waals surface area (Å²) in [6, 6.07) is 15.2. The highest BCUT2D eigenvalue weighted by Gasteiger charge is 2.14. The zero-order valence-electron chi connectivity index (χ0n) is 13.5. The van der Waals surface area contributed by atoms with Gasteiger partial charge in [-0.05, 0) is 48.5 Å². The first kappa shape index (κ1) is 17.2. The molecule has 7 nitrogen and oxygen atoms in total. The number of nitrogens with two attached hydrogens (primary N) is 1. The molecule has 0 aliphatic rings. The molecule has 0 saturated carbocycles. The van der Waals surface area contributed by atoms with Crippen LogP contribution in [0.1, 0.15) is 5.69 Å². The highest BCUT2D eigenvalue weighted by molar-refractivity contribution is 7.89. The quantitative estimate of drug-likeness (QED) is 0.721. The number of nitrogens with zero attached hydrogens (tertiary/aromatic N) is 2. The summed E-state index contributed by atoms with van der Waals surface area (Å²) in [5, 5.41) is 19.0. The minimum absolute atomic E-state index is 0.00766. The normalized spacial score (nSPS) is 11.5. The summed E-state index contributed by atoms with van der Waals surface area (Å²) in [4.78, 5) is -0.00766. The molecule has 0 amide bonds. The molecule has 1 aromatic heterocycles. The van der Waals surface area contributed by atoms with Crippen molar-refractivity contribution in [2.24, 2.45) is 5.14 Å². The van der Waals surface area contributed by atoms with Crippen molar-refractivity contribution < 1.29 is 18.3 Å². The van der Waals surface area contributed by atoms with Crippen molar-refractivity contribution in [1.82, 2.24) is 9.78 Å². The smallest absolute Gasteiger partial charge is 0.238 e. The van der Waals surface area contributed by atoms with Crippen LogP contribution in [0.25, 0.3) is 16.9 Å². The summed E-state index contributed by atoms with van der Waals surface area (Å²) in [5.41, 5.74) is 2.54. The molecule has 25 heavy (non-hydrogen) atoms. The van der Waals surface area contributed by atoms with Crippen LogP contribution in [0.5, 0.6) is 5.75 Å². The molecule has 0 bridgehead atoms. The Labute approximate surface area is 145 Å². The summed E-state index contributed by atoms with van der Waals surface area (Å²) in [5.74, 6) is 0.716. The Morgan fingerprint density at radius 3 is 2.48 bits per heavy atom. The van der Waals surface area contributed by atoms with Crippen molar-refractivity contribution in [3.63, 3.8) is 0 Å². The Hall–Kier alpha value is -2.68. The standard InChI is InChI=1S/C17H17N3O4S/c1-24-15-7-5-12(6-8-15)17-9-13(11-21)19-20(17)14-3-2-4-16(10-14)25(18,22)23/h2-10,21H,11H2,1H3,(H2,18,22,23). The fourth-order valence-electron chi connectivity index (χ4n) is 2.46. The molecule has 0 radical (unpaired) electrons. The van der Waals surface area contributed by atoms with Crippen LogP contribution in [-0.4, -0.2) is 30.4 Å². The number of hydrogen-bond acceptors (Lipinski definition) is 5. The summed E-state index contributed by atoms with van der Waals surface area (Å²) >= 11 is 0. The zero-order chi connectivity index (χ0) is 18.0. The van der Waals surface area contributed by atoms with Gasteiger partial charge in [0.25, 0.3) is 0 Å². The van der Waals surface area contributed by atoms with E-state index in [1.54, 1.807) is 30.0 Å². The minimum Gasteiger partial charge on any atom is -0.497 e. The van der Waals surface area contributed by atoms with Crippen molar-refractivity contribution in [2.75, 3.05) is 7.11 Å². The number of rotatable bonds is 5. The van der Waals surface area contributed by atoms with E-state index in [-0.39, 0.29) is 11.5 Å². The number of primary sulfonamides is 1. The van der Waals surface area contributed by atoms with Gasteiger partial charge in [-0.15, -0.1) is 0 Å². The van der Waals surface area contributed by atoms with Crippen LogP contribution in [0.2, 0.25) is 0 Å². The van der Waals surface area contributed by atoms with Crippen molar-refractivity contribution in [3.05, 3.63) is 60.3 Å². The van der Waals surface area contributed by atoms with Gasteiger partial charge in [0.1, 0.15) is 5.75 Å². The van der Waals surface area contributed by atoms with Gasteiger partial charge in [-0.1, -0.05) is 6.07 Å². The molecule has 8 heteroatoms. The third-order valence-corrected chi connectivity index (χ3v) is 4.61. The van der Waals surface area contributed by atoms with Crippen LogP contribution in [0.4, 0.5) is 0 Å². The molecule has 0 saturated heterocycles. The van der Waals surface area contributed by atoms with Gasteiger partial charge in [0.05, 0.1) is 35.7 Å².